The number of carbonyl (C=O) groups excluding carboxylic acids is 2. The largest absolute Gasteiger partial charge is 0.484 e. The fraction of sp³-hybridized carbons (Fsp3) is 0.0588. The minimum absolute atomic E-state index is 0.115. The lowest BCUT2D eigenvalue weighted by Gasteiger charge is -2.08. The molecule has 0 aliphatic heterocycles. The summed E-state index contributed by atoms with van der Waals surface area (Å²) in [7, 11) is 0. The number of hydrogen-bond donors (Lipinski definition) is 3. The van der Waals surface area contributed by atoms with E-state index in [-0.39, 0.29) is 17.9 Å². The van der Waals surface area contributed by atoms with Gasteiger partial charge in [0.15, 0.2) is 12.3 Å². The summed E-state index contributed by atoms with van der Waals surface area (Å²) in [5, 5.41) is 9.70. The average molecular weight is 338 g/mol. The predicted octanol–water partition coefficient (Wildman–Crippen LogP) is 1.04. The molecule has 2 amide bonds. The highest BCUT2D eigenvalue weighted by Crippen LogP contribution is 2.18. The number of carbonyl (C=O) groups is 2. The van der Waals surface area contributed by atoms with Crippen LogP contribution in [0, 0.1) is 0 Å². The summed E-state index contributed by atoms with van der Waals surface area (Å²) in [6.07, 6.45) is 0. The van der Waals surface area contributed by atoms with E-state index in [2.05, 4.69) is 15.5 Å². The second-order valence-corrected chi connectivity index (χ2v) is 5.18. The van der Waals surface area contributed by atoms with Gasteiger partial charge in [0.05, 0.1) is 5.39 Å². The van der Waals surface area contributed by atoms with Gasteiger partial charge in [0, 0.05) is 11.1 Å². The van der Waals surface area contributed by atoms with E-state index in [0.29, 0.717) is 22.2 Å². The predicted molar refractivity (Wildman–Crippen MR) is 91.4 cm³/mol. The van der Waals surface area contributed by atoms with Gasteiger partial charge in [-0.2, -0.15) is 5.10 Å². The fourth-order valence-corrected chi connectivity index (χ4v) is 2.27. The van der Waals surface area contributed by atoms with Crippen LogP contribution in [-0.2, 0) is 4.79 Å². The Hall–Kier alpha value is -3.68. The molecule has 0 bridgehead atoms. The highest BCUT2D eigenvalue weighted by molar-refractivity contribution is 6.11. The first kappa shape index (κ1) is 16.2. The van der Waals surface area contributed by atoms with Crippen LogP contribution in [0.2, 0.25) is 0 Å². The summed E-state index contributed by atoms with van der Waals surface area (Å²) in [4.78, 5) is 34.9. The van der Waals surface area contributed by atoms with Gasteiger partial charge in [-0.15, -0.1) is 0 Å². The van der Waals surface area contributed by atoms with Gasteiger partial charge in [-0.1, -0.05) is 18.2 Å². The van der Waals surface area contributed by atoms with Gasteiger partial charge < -0.3 is 15.8 Å². The molecule has 0 aliphatic carbocycles. The van der Waals surface area contributed by atoms with Crippen LogP contribution in [0.25, 0.3) is 10.8 Å². The number of nitrogens with two attached hydrogens (primary N) is 1. The molecule has 8 nitrogen and oxygen atoms in total. The molecular weight excluding hydrogens is 324 g/mol. The quantitative estimate of drug-likeness (QED) is 0.640. The minimum Gasteiger partial charge on any atom is -0.484 e. The molecule has 126 valence electrons. The number of primary amides is 1. The lowest BCUT2D eigenvalue weighted by atomic mass is 10.1. The van der Waals surface area contributed by atoms with E-state index in [4.69, 9.17) is 10.5 Å². The zero-order valence-electron chi connectivity index (χ0n) is 13.0. The van der Waals surface area contributed by atoms with E-state index in [1.165, 1.54) is 0 Å². The Kier molecular flexibility index (Phi) is 4.42. The van der Waals surface area contributed by atoms with Gasteiger partial charge in [-0.3, -0.25) is 14.4 Å². The van der Waals surface area contributed by atoms with E-state index in [1.54, 1.807) is 48.5 Å². The lowest BCUT2D eigenvalue weighted by Crippen LogP contribution is -2.20. The molecule has 1 aromatic heterocycles. The van der Waals surface area contributed by atoms with Crippen LogP contribution in [0.3, 0.4) is 0 Å². The normalized spacial score (nSPS) is 10.4. The first-order valence-electron chi connectivity index (χ1n) is 7.34. The minimum atomic E-state index is -0.576. The summed E-state index contributed by atoms with van der Waals surface area (Å²) < 4.78 is 5.14. The number of amides is 2. The summed E-state index contributed by atoms with van der Waals surface area (Å²) in [5.74, 6) is -0.587. The summed E-state index contributed by atoms with van der Waals surface area (Å²) in [5.41, 5.74) is 5.27. The lowest BCUT2D eigenvalue weighted by molar-refractivity contribution is -0.119. The van der Waals surface area contributed by atoms with Crippen LogP contribution in [-0.4, -0.2) is 28.6 Å². The molecule has 2 aromatic carbocycles. The van der Waals surface area contributed by atoms with E-state index in [1.807, 2.05) is 0 Å². The van der Waals surface area contributed by atoms with Crippen molar-refractivity contribution in [3.8, 4) is 5.75 Å². The smallest absolute Gasteiger partial charge is 0.276 e. The van der Waals surface area contributed by atoms with Crippen LogP contribution in [0.1, 0.15) is 10.5 Å². The number of hydrogen-bond acceptors (Lipinski definition) is 5. The molecule has 25 heavy (non-hydrogen) atoms. The maximum absolute atomic E-state index is 12.5. The number of fused-ring (bicyclic) bond motifs is 1. The van der Waals surface area contributed by atoms with Crippen molar-refractivity contribution in [1.29, 1.82) is 0 Å². The van der Waals surface area contributed by atoms with Crippen LogP contribution >= 0.6 is 0 Å². The Bertz CT molecular complexity index is 995. The molecule has 1 heterocycles. The molecule has 0 spiro atoms. The molecule has 0 radical (unpaired) electrons. The topological polar surface area (TPSA) is 127 Å². The number of ether oxygens (including phenoxy) is 1. The molecule has 3 rings (SSSR count). The van der Waals surface area contributed by atoms with Crippen molar-refractivity contribution in [3.63, 3.8) is 0 Å². The van der Waals surface area contributed by atoms with Gasteiger partial charge in [0.1, 0.15) is 5.75 Å². The summed E-state index contributed by atoms with van der Waals surface area (Å²) >= 11 is 0. The molecule has 0 aliphatic rings. The Morgan fingerprint density at radius 2 is 1.76 bits per heavy atom. The first-order valence-corrected chi connectivity index (χ1v) is 7.34. The van der Waals surface area contributed by atoms with Crippen molar-refractivity contribution in [2.24, 2.45) is 5.73 Å². The van der Waals surface area contributed by atoms with Crippen LogP contribution in [0.4, 0.5) is 5.69 Å². The standard InChI is InChI=1S/C17H14N4O4/c18-14(22)9-25-11-7-5-10(6-8-11)19-17(24)15-12-3-1-2-4-13(12)16(23)21-20-15/h1-8H,9H2,(H2,18,22)(H,19,24)(H,21,23). The van der Waals surface area contributed by atoms with Crippen LogP contribution < -0.4 is 21.3 Å². The van der Waals surface area contributed by atoms with Gasteiger partial charge in [0.25, 0.3) is 17.4 Å². The molecular formula is C17H14N4O4. The number of rotatable bonds is 5. The third kappa shape index (κ3) is 3.63. The maximum Gasteiger partial charge on any atom is 0.276 e. The van der Waals surface area contributed by atoms with E-state index in [0.717, 1.165) is 0 Å². The van der Waals surface area contributed by atoms with Crippen molar-refractivity contribution < 1.29 is 14.3 Å². The summed E-state index contributed by atoms with van der Waals surface area (Å²) in [6.45, 7) is -0.223. The molecule has 0 unspecified atom stereocenters. The van der Waals surface area contributed by atoms with Crippen molar-refractivity contribution in [2.75, 3.05) is 11.9 Å². The Morgan fingerprint density at radius 3 is 2.44 bits per heavy atom. The summed E-state index contributed by atoms with van der Waals surface area (Å²) in [6, 6.07) is 13.1. The molecule has 0 fully saturated rings. The second kappa shape index (κ2) is 6.83. The van der Waals surface area contributed by atoms with Crippen LogP contribution in [0.15, 0.2) is 53.3 Å². The molecule has 4 N–H and O–H groups in total. The monoisotopic (exact) mass is 338 g/mol. The highest BCUT2D eigenvalue weighted by Gasteiger charge is 2.14. The Labute approximate surface area is 141 Å². The third-order valence-electron chi connectivity index (χ3n) is 3.40. The molecule has 8 heteroatoms. The van der Waals surface area contributed by atoms with Crippen molar-refractivity contribution >= 4 is 28.3 Å². The van der Waals surface area contributed by atoms with Crippen molar-refractivity contribution in [3.05, 3.63) is 64.6 Å². The van der Waals surface area contributed by atoms with Crippen LogP contribution in [0.5, 0.6) is 5.75 Å². The zero-order chi connectivity index (χ0) is 17.8. The molecule has 0 saturated heterocycles. The zero-order valence-corrected chi connectivity index (χ0v) is 13.0. The van der Waals surface area contributed by atoms with Gasteiger partial charge >= 0.3 is 0 Å². The Balaban J connectivity index is 1.80. The van der Waals surface area contributed by atoms with Gasteiger partial charge in [-0.25, -0.2) is 5.10 Å². The number of H-pyrrole nitrogens is 1. The second-order valence-electron chi connectivity index (χ2n) is 5.18. The van der Waals surface area contributed by atoms with E-state index < -0.39 is 11.8 Å². The fourth-order valence-electron chi connectivity index (χ4n) is 2.27. The van der Waals surface area contributed by atoms with Crippen molar-refractivity contribution in [2.45, 2.75) is 0 Å². The number of benzene rings is 2. The van der Waals surface area contributed by atoms with Crippen molar-refractivity contribution in [1.82, 2.24) is 10.2 Å². The maximum atomic E-state index is 12.5. The number of nitrogens with zero attached hydrogens (tertiary/aromatic N) is 1. The number of aromatic nitrogens is 2. The van der Waals surface area contributed by atoms with E-state index in [9.17, 15) is 14.4 Å². The first-order chi connectivity index (χ1) is 12.0. The molecule has 0 atom stereocenters. The SMILES string of the molecule is NC(=O)COc1ccc(NC(=O)c2n[nH]c(=O)c3ccccc23)cc1. The third-order valence-corrected chi connectivity index (χ3v) is 3.40. The van der Waals surface area contributed by atoms with Gasteiger partial charge in [-0.05, 0) is 30.3 Å². The van der Waals surface area contributed by atoms with E-state index >= 15 is 0 Å². The number of anilines is 1. The Morgan fingerprint density at radius 1 is 1.08 bits per heavy atom. The number of nitrogens with one attached hydrogen (secondary N) is 2. The highest BCUT2D eigenvalue weighted by atomic mass is 16.5. The molecule has 0 saturated carbocycles. The molecule has 3 aromatic rings. The van der Waals surface area contributed by atoms with Gasteiger partial charge in [0.2, 0.25) is 0 Å². The number of aromatic amines is 1. The average Bonchev–Trinajstić information content (AvgIpc) is 2.61.